The van der Waals surface area contributed by atoms with Gasteiger partial charge in [-0.2, -0.15) is 0 Å². The predicted molar refractivity (Wildman–Crippen MR) is 103 cm³/mol. The Morgan fingerprint density at radius 2 is 2.15 bits per heavy atom. The maximum atomic E-state index is 13.3. The summed E-state index contributed by atoms with van der Waals surface area (Å²) in [6.07, 6.45) is 4.96. The first-order valence-electron chi connectivity index (χ1n) is 9.11. The van der Waals surface area contributed by atoms with Crippen LogP contribution in [-0.2, 0) is 17.8 Å². The number of aromatic nitrogens is 4. The van der Waals surface area contributed by atoms with Crippen molar-refractivity contribution in [3.63, 3.8) is 0 Å². The maximum absolute atomic E-state index is 13.3. The van der Waals surface area contributed by atoms with E-state index in [1.807, 2.05) is 31.2 Å². The third kappa shape index (κ3) is 2.94. The Hall–Kier alpha value is -2.93. The highest BCUT2D eigenvalue weighted by Crippen LogP contribution is 2.18. The van der Waals surface area contributed by atoms with Crippen molar-refractivity contribution in [3.05, 3.63) is 69.6 Å². The van der Waals surface area contributed by atoms with Crippen LogP contribution < -0.4 is 11.2 Å². The van der Waals surface area contributed by atoms with Gasteiger partial charge in [0.2, 0.25) is 0 Å². The molecule has 1 fully saturated rings. The van der Waals surface area contributed by atoms with Gasteiger partial charge in [-0.3, -0.25) is 9.36 Å². The topological polar surface area (TPSA) is 71.1 Å². The monoisotopic (exact) mass is 366 g/mol. The Labute approximate surface area is 156 Å². The number of hydrogen-bond donors (Lipinski definition) is 0. The van der Waals surface area contributed by atoms with Crippen molar-refractivity contribution in [2.75, 3.05) is 6.61 Å². The number of hydrogen-bond acceptors (Lipinski definition) is 4. The molecule has 7 heteroatoms. The minimum atomic E-state index is -0.388. The van der Waals surface area contributed by atoms with Crippen LogP contribution in [0.15, 0.2) is 52.8 Å². The molecule has 0 spiro atoms. The summed E-state index contributed by atoms with van der Waals surface area (Å²) < 4.78 is 10.2. The molecule has 27 heavy (non-hydrogen) atoms. The van der Waals surface area contributed by atoms with Gasteiger partial charge in [0, 0.05) is 13.2 Å². The van der Waals surface area contributed by atoms with Gasteiger partial charge < -0.3 is 9.30 Å². The fraction of sp³-hybridized carbons (Fsp3) is 0.350. The number of fused-ring (bicyclic) bond motifs is 1. The van der Waals surface area contributed by atoms with E-state index in [4.69, 9.17) is 4.74 Å². The molecular formula is C20H22N4O3. The molecule has 0 amide bonds. The Balaban J connectivity index is 2.03. The second-order valence-electron chi connectivity index (χ2n) is 6.81. The molecule has 4 rings (SSSR count). The highest BCUT2D eigenvalue weighted by atomic mass is 16.5. The summed E-state index contributed by atoms with van der Waals surface area (Å²) in [6, 6.07) is 7.59. The molecule has 140 valence electrons. The largest absolute Gasteiger partial charge is 0.376 e. The lowest BCUT2D eigenvalue weighted by Gasteiger charge is -2.16. The number of ether oxygens (including phenoxy) is 1. The third-order valence-corrected chi connectivity index (χ3v) is 4.99. The van der Waals surface area contributed by atoms with Gasteiger partial charge >= 0.3 is 5.69 Å². The van der Waals surface area contributed by atoms with Crippen LogP contribution in [0.5, 0.6) is 0 Å². The van der Waals surface area contributed by atoms with Crippen molar-refractivity contribution in [2.24, 2.45) is 0 Å². The summed E-state index contributed by atoms with van der Waals surface area (Å²) in [6.45, 7) is 7.04. The molecule has 7 nitrogen and oxygen atoms in total. The van der Waals surface area contributed by atoms with Gasteiger partial charge in [-0.25, -0.2) is 14.3 Å². The van der Waals surface area contributed by atoms with E-state index in [0.29, 0.717) is 24.3 Å². The molecule has 1 saturated heterocycles. The fourth-order valence-corrected chi connectivity index (χ4v) is 3.64. The zero-order chi connectivity index (χ0) is 19.0. The van der Waals surface area contributed by atoms with Crippen LogP contribution in [-0.4, -0.2) is 31.4 Å². The minimum Gasteiger partial charge on any atom is -0.376 e. The third-order valence-electron chi connectivity index (χ3n) is 4.99. The Morgan fingerprint density at radius 1 is 1.33 bits per heavy atom. The summed E-state index contributed by atoms with van der Waals surface area (Å²) in [5.41, 5.74) is 1.69. The van der Waals surface area contributed by atoms with Gasteiger partial charge in [-0.15, -0.1) is 6.58 Å². The number of para-hydroxylation sites is 1. The Morgan fingerprint density at radius 3 is 2.85 bits per heavy atom. The number of benzene rings is 1. The van der Waals surface area contributed by atoms with E-state index < -0.39 is 0 Å². The van der Waals surface area contributed by atoms with E-state index in [9.17, 15) is 9.59 Å². The molecule has 1 atom stereocenters. The highest BCUT2D eigenvalue weighted by Gasteiger charge is 2.23. The predicted octanol–water partition coefficient (Wildman–Crippen LogP) is 2.02. The smallest absolute Gasteiger partial charge is 0.337 e. The average molecular weight is 366 g/mol. The van der Waals surface area contributed by atoms with E-state index in [2.05, 4.69) is 11.6 Å². The zero-order valence-corrected chi connectivity index (χ0v) is 15.3. The SMILES string of the molecule is C=CCn1cnc2c1c(=O)n(C[C@@H]1CCCO1)c(=O)n2-c1ccccc1C. The van der Waals surface area contributed by atoms with Crippen molar-refractivity contribution in [2.45, 2.75) is 39.0 Å². The molecule has 0 bridgehead atoms. The lowest BCUT2D eigenvalue weighted by atomic mass is 10.2. The minimum absolute atomic E-state index is 0.117. The summed E-state index contributed by atoms with van der Waals surface area (Å²) in [7, 11) is 0. The number of aryl methyl sites for hydroxylation is 1. The van der Waals surface area contributed by atoms with Crippen LogP contribution in [0.25, 0.3) is 16.9 Å². The molecule has 0 aliphatic carbocycles. The van der Waals surface area contributed by atoms with Crippen LogP contribution in [0, 0.1) is 6.92 Å². The first-order chi connectivity index (χ1) is 13.1. The number of imidazole rings is 1. The van der Waals surface area contributed by atoms with Crippen molar-refractivity contribution in [1.82, 2.24) is 18.7 Å². The molecule has 0 unspecified atom stereocenters. The molecule has 0 N–H and O–H groups in total. The summed E-state index contributed by atoms with van der Waals surface area (Å²) in [5.74, 6) is 0. The lowest BCUT2D eigenvalue weighted by molar-refractivity contribution is 0.0950. The zero-order valence-electron chi connectivity index (χ0n) is 15.3. The average Bonchev–Trinajstić information content (AvgIpc) is 3.31. The molecule has 1 aliphatic heterocycles. The number of allylic oxidation sites excluding steroid dienone is 1. The lowest BCUT2D eigenvalue weighted by Crippen LogP contribution is -2.42. The fourth-order valence-electron chi connectivity index (χ4n) is 3.64. The van der Waals surface area contributed by atoms with Crippen LogP contribution in [0.4, 0.5) is 0 Å². The molecule has 3 aromatic rings. The normalized spacial score (nSPS) is 16.9. The molecule has 1 aliphatic rings. The molecule has 2 aromatic heterocycles. The second-order valence-corrected chi connectivity index (χ2v) is 6.81. The van der Waals surface area contributed by atoms with Crippen molar-refractivity contribution in [3.8, 4) is 5.69 Å². The second kappa shape index (κ2) is 7.00. The van der Waals surface area contributed by atoms with Gasteiger partial charge in [0.25, 0.3) is 5.56 Å². The maximum Gasteiger partial charge on any atom is 0.337 e. The van der Waals surface area contributed by atoms with Crippen LogP contribution >= 0.6 is 0 Å². The summed E-state index contributed by atoms with van der Waals surface area (Å²) in [4.78, 5) is 30.9. The van der Waals surface area contributed by atoms with Gasteiger partial charge in [0.05, 0.1) is 24.7 Å². The van der Waals surface area contributed by atoms with Crippen molar-refractivity contribution >= 4 is 11.2 Å². The Kier molecular flexibility index (Phi) is 4.53. The summed E-state index contributed by atoms with van der Waals surface area (Å²) in [5, 5.41) is 0. The Bertz CT molecular complexity index is 1120. The molecule has 0 radical (unpaired) electrons. The van der Waals surface area contributed by atoms with Crippen LogP contribution in [0.2, 0.25) is 0 Å². The molecule has 1 aromatic carbocycles. The van der Waals surface area contributed by atoms with Crippen molar-refractivity contribution in [1.29, 1.82) is 0 Å². The van der Waals surface area contributed by atoms with Gasteiger partial charge in [-0.1, -0.05) is 24.3 Å². The quantitative estimate of drug-likeness (QED) is 0.648. The molecular weight excluding hydrogens is 344 g/mol. The van der Waals surface area contributed by atoms with Crippen molar-refractivity contribution < 1.29 is 4.74 Å². The first-order valence-corrected chi connectivity index (χ1v) is 9.11. The van der Waals surface area contributed by atoms with Gasteiger partial charge in [0.1, 0.15) is 0 Å². The van der Waals surface area contributed by atoms with Gasteiger partial charge in [0.15, 0.2) is 11.2 Å². The van der Waals surface area contributed by atoms with E-state index in [1.165, 1.54) is 9.13 Å². The first kappa shape index (κ1) is 17.5. The highest BCUT2D eigenvalue weighted by molar-refractivity contribution is 5.72. The van der Waals surface area contributed by atoms with Crippen LogP contribution in [0.1, 0.15) is 18.4 Å². The van der Waals surface area contributed by atoms with E-state index >= 15 is 0 Å². The molecule has 0 saturated carbocycles. The van der Waals surface area contributed by atoms with E-state index in [1.54, 1.807) is 17.0 Å². The number of nitrogens with zero attached hydrogens (tertiary/aromatic N) is 4. The standard InChI is InChI=1S/C20H22N4O3/c1-3-10-22-13-21-18-17(22)19(25)23(12-15-8-6-11-27-15)20(26)24(18)16-9-5-4-7-14(16)2/h3-5,7,9,13,15H,1,6,8,10-12H2,2H3/t15-/m0/s1. The van der Waals surface area contributed by atoms with E-state index in [-0.39, 0.29) is 23.9 Å². The van der Waals surface area contributed by atoms with E-state index in [0.717, 1.165) is 24.1 Å². The summed E-state index contributed by atoms with van der Waals surface area (Å²) >= 11 is 0. The van der Waals surface area contributed by atoms with Gasteiger partial charge in [-0.05, 0) is 31.4 Å². The number of rotatable bonds is 5. The van der Waals surface area contributed by atoms with Crippen LogP contribution in [0.3, 0.4) is 0 Å². The molecule has 3 heterocycles.